The SMILES string of the molecule is C[N+]1(C)CCc2c(sc(NC(=O)Nc3ccc(Cl)cc3)c2C(N)=O)C1.O=C([O-])C(F)(F)F. The number of alkyl halides is 3. The molecule has 1 aliphatic heterocycles. The minimum absolute atomic E-state index is 0.419. The number of aliphatic carboxylic acids is 1. The number of primary amides is 1. The van der Waals surface area contributed by atoms with E-state index < -0.39 is 24.1 Å². The fraction of sp³-hybridized carbons (Fsp3) is 0.316. The Kier molecular flexibility index (Phi) is 7.75. The highest BCUT2D eigenvalue weighted by molar-refractivity contribution is 7.17. The van der Waals surface area contributed by atoms with Crippen LogP contribution in [0.4, 0.5) is 28.7 Å². The summed E-state index contributed by atoms with van der Waals surface area (Å²) >= 11 is 7.26. The molecule has 174 valence electrons. The molecule has 4 N–H and O–H groups in total. The van der Waals surface area contributed by atoms with Gasteiger partial charge in [-0.05, 0) is 29.8 Å². The van der Waals surface area contributed by atoms with Crippen molar-refractivity contribution >= 4 is 51.5 Å². The number of carboxylic acids is 1. The molecule has 13 heteroatoms. The number of amides is 3. The maximum Gasteiger partial charge on any atom is 0.430 e. The molecule has 0 unspecified atom stereocenters. The third-order valence-corrected chi connectivity index (χ3v) is 5.82. The highest BCUT2D eigenvalue weighted by Crippen LogP contribution is 2.38. The number of rotatable bonds is 3. The third-order valence-electron chi connectivity index (χ3n) is 4.44. The summed E-state index contributed by atoms with van der Waals surface area (Å²) in [6.07, 6.45) is -4.42. The van der Waals surface area contributed by atoms with Gasteiger partial charge >= 0.3 is 12.2 Å². The van der Waals surface area contributed by atoms with Gasteiger partial charge in [0.1, 0.15) is 17.5 Å². The van der Waals surface area contributed by atoms with Crippen molar-refractivity contribution in [2.75, 3.05) is 31.3 Å². The van der Waals surface area contributed by atoms with Crippen LogP contribution in [0.2, 0.25) is 5.02 Å². The number of nitrogens with one attached hydrogen (secondary N) is 2. The second-order valence-corrected chi connectivity index (χ2v) is 9.05. The zero-order valence-electron chi connectivity index (χ0n) is 17.0. The van der Waals surface area contributed by atoms with Gasteiger partial charge in [0.2, 0.25) is 0 Å². The highest BCUT2D eigenvalue weighted by Gasteiger charge is 2.32. The number of hydrogen-bond donors (Lipinski definition) is 3. The molecule has 0 atom stereocenters. The fourth-order valence-corrected chi connectivity index (χ4v) is 4.52. The van der Waals surface area contributed by atoms with Gasteiger partial charge in [-0.2, -0.15) is 13.2 Å². The molecule has 0 spiro atoms. The normalized spacial score (nSPS) is 14.4. The van der Waals surface area contributed by atoms with E-state index >= 15 is 0 Å². The van der Waals surface area contributed by atoms with Crippen LogP contribution in [-0.4, -0.2) is 49.2 Å². The summed E-state index contributed by atoms with van der Waals surface area (Å²) < 4.78 is 32.4. The van der Waals surface area contributed by atoms with E-state index in [0.717, 1.165) is 34.4 Å². The molecule has 0 radical (unpaired) electrons. The summed E-state index contributed by atoms with van der Waals surface area (Å²) in [4.78, 5) is 34.1. The Morgan fingerprint density at radius 2 is 1.72 bits per heavy atom. The van der Waals surface area contributed by atoms with Gasteiger partial charge in [-0.1, -0.05) is 11.6 Å². The van der Waals surface area contributed by atoms with Crippen LogP contribution in [0.1, 0.15) is 20.8 Å². The minimum Gasteiger partial charge on any atom is -0.542 e. The Morgan fingerprint density at radius 3 is 2.22 bits per heavy atom. The van der Waals surface area contributed by atoms with Crippen LogP contribution in [0.3, 0.4) is 0 Å². The van der Waals surface area contributed by atoms with Crippen LogP contribution >= 0.6 is 22.9 Å². The van der Waals surface area contributed by atoms with Gasteiger partial charge < -0.3 is 25.4 Å². The molecule has 0 aliphatic carbocycles. The first-order valence-corrected chi connectivity index (χ1v) is 10.3. The molecule has 1 aromatic carbocycles. The molecule has 8 nitrogen and oxygen atoms in total. The van der Waals surface area contributed by atoms with Crippen molar-refractivity contribution < 1.29 is 37.1 Å². The number of benzene rings is 1. The van der Waals surface area contributed by atoms with Crippen molar-refractivity contribution in [1.29, 1.82) is 0 Å². The lowest BCUT2D eigenvalue weighted by Gasteiger charge is -2.33. The van der Waals surface area contributed by atoms with Crippen LogP contribution in [0.15, 0.2) is 24.3 Å². The number of carboxylic acid groups (broad SMARTS) is 1. The average molecular weight is 493 g/mol. The van der Waals surface area contributed by atoms with Crippen LogP contribution < -0.4 is 21.5 Å². The summed E-state index contributed by atoms with van der Waals surface area (Å²) in [5, 5.41) is 15.4. The number of likely N-dealkylation sites (N-methyl/N-ethyl adjacent to an activating group) is 1. The van der Waals surface area contributed by atoms with Crippen molar-refractivity contribution in [3.63, 3.8) is 0 Å². The Balaban J connectivity index is 0.000000451. The van der Waals surface area contributed by atoms with Crippen molar-refractivity contribution in [2.45, 2.75) is 19.1 Å². The van der Waals surface area contributed by atoms with E-state index in [-0.39, 0.29) is 0 Å². The molecule has 2 heterocycles. The highest BCUT2D eigenvalue weighted by atomic mass is 35.5. The van der Waals surface area contributed by atoms with Crippen LogP contribution in [0, 0.1) is 0 Å². The number of nitrogens with two attached hydrogens (primary N) is 1. The maximum absolute atomic E-state index is 12.3. The van der Waals surface area contributed by atoms with Gasteiger partial charge in [-0.25, -0.2) is 4.79 Å². The van der Waals surface area contributed by atoms with Gasteiger partial charge in [-0.15, -0.1) is 11.3 Å². The first-order chi connectivity index (χ1) is 14.7. The number of anilines is 2. The Bertz CT molecular complexity index is 1020. The monoisotopic (exact) mass is 492 g/mol. The molecule has 1 aliphatic rings. The first kappa shape index (κ1) is 25.4. The molecule has 0 saturated heterocycles. The number of hydrogen-bond acceptors (Lipinski definition) is 5. The third kappa shape index (κ3) is 6.84. The first-order valence-electron chi connectivity index (χ1n) is 9.07. The van der Waals surface area contributed by atoms with Gasteiger partial charge in [0.25, 0.3) is 5.91 Å². The number of nitrogens with zero attached hydrogens (tertiary/aromatic N) is 1. The van der Waals surface area contributed by atoms with E-state index in [0.29, 0.717) is 21.3 Å². The number of carbonyl (C=O) groups is 3. The lowest BCUT2D eigenvalue weighted by atomic mass is 10.0. The molecule has 32 heavy (non-hydrogen) atoms. The van der Waals surface area contributed by atoms with E-state index in [1.165, 1.54) is 11.3 Å². The van der Waals surface area contributed by atoms with Gasteiger partial charge in [-0.3, -0.25) is 10.1 Å². The molecule has 3 amide bonds. The smallest absolute Gasteiger partial charge is 0.430 e. The summed E-state index contributed by atoms with van der Waals surface area (Å²) in [5.41, 5.74) is 7.59. The molecular weight excluding hydrogens is 473 g/mol. The zero-order valence-corrected chi connectivity index (χ0v) is 18.6. The Labute approximate surface area is 190 Å². The van der Waals surface area contributed by atoms with Gasteiger partial charge in [0, 0.05) is 17.1 Å². The van der Waals surface area contributed by atoms with E-state index in [4.69, 9.17) is 27.2 Å². The molecule has 2 aromatic rings. The summed E-state index contributed by atoms with van der Waals surface area (Å²) in [7, 11) is 4.29. The number of thiophene rings is 1. The summed E-state index contributed by atoms with van der Waals surface area (Å²) in [5.74, 6) is -3.51. The van der Waals surface area contributed by atoms with Crippen LogP contribution in [-0.2, 0) is 17.8 Å². The minimum atomic E-state index is -5.19. The van der Waals surface area contributed by atoms with E-state index in [1.54, 1.807) is 24.3 Å². The summed E-state index contributed by atoms with van der Waals surface area (Å²) in [6.45, 7) is 1.75. The number of quaternary nitrogens is 1. The van der Waals surface area contributed by atoms with Crippen LogP contribution in [0.25, 0.3) is 0 Å². The second kappa shape index (κ2) is 9.76. The molecule has 0 fully saturated rings. The van der Waals surface area contributed by atoms with Crippen molar-refractivity contribution in [2.24, 2.45) is 5.73 Å². The molecule has 3 rings (SSSR count). The topological polar surface area (TPSA) is 124 Å². The predicted octanol–water partition coefficient (Wildman–Crippen LogP) is 2.58. The Hall–Kier alpha value is -2.83. The molecule has 0 bridgehead atoms. The largest absolute Gasteiger partial charge is 0.542 e. The number of urea groups is 1. The van der Waals surface area contributed by atoms with Gasteiger partial charge in [0.05, 0.1) is 31.1 Å². The number of fused-ring (bicyclic) bond motifs is 1. The van der Waals surface area contributed by atoms with Crippen molar-refractivity contribution in [3.8, 4) is 0 Å². The second-order valence-electron chi connectivity index (χ2n) is 7.51. The van der Waals surface area contributed by atoms with E-state index in [2.05, 4.69) is 24.7 Å². The average Bonchev–Trinajstić information content (AvgIpc) is 2.99. The fourth-order valence-electron chi connectivity index (χ4n) is 2.93. The van der Waals surface area contributed by atoms with Crippen LogP contribution in [0.5, 0.6) is 0 Å². The van der Waals surface area contributed by atoms with E-state index in [9.17, 15) is 22.8 Å². The Morgan fingerprint density at radius 1 is 1.16 bits per heavy atom. The lowest BCUT2D eigenvalue weighted by Crippen LogP contribution is -2.43. The molecule has 0 saturated carbocycles. The zero-order chi connectivity index (χ0) is 24.3. The quantitative estimate of drug-likeness (QED) is 0.569. The maximum atomic E-state index is 12.3. The molecule has 1 aromatic heterocycles. The van der Waals surface area contributed by atoms with Crippen molar-refractivity contribution in [3.05, 3.63) is 45.3 Å². The molecular formula is C19H20ClF3N4O4S. The summed E-state index contributed by atoms with van der Waals surface area (Å²) in [6, 6.07) is 6.37. The van der Waals surface area contributed by atoms with Gasteiger partial charge in [0.15, 0.2) is 0 Å². The van der Waals surface area contributed by atoms with Crippen molar-refractivity contribution in [1.82, 2.24) is 0 Å². The number of carbonyl (C=O) groups excluding carboxylic acids is 3. The van der Waals surface area contributed by atoms with E-state index in [1.807, 2.05) is 0 Å². The predicted molar refractivity (Wildman–Crippen MR) is 112 cm³/mol. The lowest BCUT2D eigenvalue weighted by molar-refractivity contribution is -0.905. The number of halogens is 4. The standard InChI is InChI=1S/C17H19ClN4O2S.C2HF3O2/c1-22(2)8-7-12-13(9-22)25-16(14(12)15(19)23)21-17(24)20-11-5-3-10(18)4-6-11;3-2(4,5)1(6)7/h3-6H,7-9H2,1-2H3,(H3-,19,20,21,23,24);(H,6,7).